The van der Waals surface area contributed by atoms with E-state index in [0.29, 0.717) is 13.0 Å². The molecule has 1 heterocycles. The van der Waals surface area contributed by atoms with Gasteiger partial charge in [0.25, 0.3) is 0 Å². The van der Waals surface area contributed by atoms with Crippen molar-refractivity contribution >= 4 is 5.91 Å². The normalized spacial score (nSPS) is 16.1. The van der Waals surface area contributed by atoms with Crippen LogP contribution >= 0.6 is 0 Å². The van der Waals surface area contributed by atoms with Crippen LogP contribution in [-0.4, -0.2) is 29.9 Å². The molecule has 1 aliphatic rings. The minimum absolute atomic E-state index is 0.105. The second kappa shape index (κ2) is 6.68. The molecule has 0 spiro atoms. The number of hydrogen-bond acceptors (Lipinski definition) is 3. The second-order valence-electron chi connectivity index (χ2n) is 5.12. The minimum atomic E-state index is 0.105. The summed E-state index contributed by atoms with van der Waals surface area (Å²) in [5.41, 5.74) is 8.56. The predicted octanol–water partition coefficient (Wildman–Crippen LogP) is 1.25. The summed E-state index contributed by atoms with van der Waals surface area (Å²) in [4.78, 5) is 14.1. The van der Waals surface area contributed by atoms with E-state index in [-0.39, 0.29) is 11.9 Å². The molecule has 1 amide bonds. The highest BCUT2D eigenvalue weighted by Crippen LogP contribution is 2.24. The molecule has 1 atom stereocenters. The summed E-state index contributed by atoms with van der Waals surface area (Å²) in [6.45, 7) is 5.12. The first-order chi connectivity index (χ1) is 9.24. The number of nitrogens with one attached hydrogen (secondary N) is 1. The zero-order valence-electron chi connectivity index (χ0n) is 11.6. The van der Waals surface area contributed by atoms with Crippen LogP contribution in [0.15, 0.2) is 24.3 Å². The van der Waals surface area contributed by atoms with E-state index in [4.69, 9.17) is 5.73 Å². The van der Waals surface area contributed by atoms with Crippen molar-refractivity contribution in [2.45, 2.75) is 38.9 Å². The SMILES string of the molecule is CCCNC(=O)CC(CN)N1Cc2ccccc2C1. The van der Waals surface area contributed by atoms with E-state index in [2.05, 4.69) is 41.4 Å². The van der Waals surface area contributed by atoms with E-state index >= 15 is 0 Å². The Balaban J connectivity index is 1.92. The van der Waals surface area contributed by atoms with Gasteiger partial charge >= 0.3 is 0 Å². The lowest BCUT2D eigenvalue weighted by Crippen LogP contribution is -2.41. The molecule has 0 fully saturated rings. The van der Waals surface area contributed by atoms with E-state index in [1.807, 2.05) is 0 Å². The lowest BCUT2D eigenvalue weighted by molar-refractivity contribution is -0.122. The van der Waals surface area contributed by atoms with Crippen molar-refractivity contribution in [2.75, 3.05) is 13.1 Å². The van der Waals surface area contributed by atoms with Crippen LogP contribution in [0.25, 0.3) is 0 Å². The molecule has 4 nitrogen and oxygen atoms in total. The highest BCUT2D eigenvalue weighted by Gasteiger charge is 2.26. The molecule has 0 radical (unpaired) electrons. The Labute approximate surface area is 115 Å². The average Bonchev–Trinajstić information content (AvgIpc) is 2.86. The van der Waals surface area contributed by atoms with Crippen molar-refractivity contribution in [2.24, 2.45) is 5.73 Å². The molecule has 0 saturated carbocycles. The fourth-order valence-electron chi connectivity index (χ4n) is 2.53. The largest absolute Gasteiger partial charge is 0.356 e. The Hall–Kier alpha value is -1.39. The van der Waals surface area contributed by atoms with Crippen LogP contribution in [0.5, 0.6) is 0 Å². The predicted molar refractivity (Wildman–Crippen MR) is 76.4 cm³/mol. The van der Waals surface area contributed by atoms with Gasteiger partial charge in [-0.3, -0.25) is 9.69 Å². The molecule has 4 heteroatoms. The Morgan fingerprint density at radius 3 is 2.53 bits per heavy atom. The van der Waals surface area contributed by atoms with Crippen molar-refractivity contribution in [1.82, 2.24) is 10.2 Å². The molecule has 104 valence electrons. The molecule has 2 rings (SSSR count). The molecule has 3 N–H and O–H groups in total. The topological polar surface area (TPSA) is 58.4 Å². The summed E-state index contributed by atoms with van der Waals surface area (Å²) < 4.78 is 0. The summed E-state index contributed by atoms with van der Waals surface area (Å²) in [5, 5.41) is 2.92. The Morgan fingerprint density at radius 2 is 2.00 bits per heavy atom. The molecule has 1 aromatic rings. The van der Waals surface area contributed by atoms with E-state index in [0.717, 1.165) is 26.1 Å². The maximum atomic E-state index is 11.8. The van der Waals surface area contributed by atoms with Gasteiger partial charge < -0.3 is 11.1 Å². The van der Waals surface area contributed by atoms with Crippen molar-refractivity contribution < 1.29 is 4.79 Å². The van der Waals surface area contributed by atoms with Gasteiger partial charge in [0.05, 0.1) is 0 Å². The maximum Gasteiger partial charge on any atom is 0.221 e. The van der Waals surface area contributed by atoms with Gasteiger partial charge in [0, 0.05) is 38.6 Å². The van der Waals surface area contributed by atoms with Crippen LogP contribution in [0.3, 0.4) is 0 Å². The molecule has 1 unspecified atom stereocenters. The summed E-state index contributed by atoms with van der Waals surface area (Å²) in [7, 11) is 0. The summed E-state index contributed by atoms with van der Waals surface area (Å²) in [5.74, 6) is 0.105. The first kappa shape index (κ1) is 14.0. The van der Waals surface area contributed by atoms with Crippen LogP contribution in [0.4, 0.5) is 0 Å². The standard InChI is InChI=1S/C15H23N3O/c1-2-7-17-15(19)8-14(9-16)18-10-12-5-3-4-6-13(12)11-18/h3-6,14H,2,7-11,16H2,1H3,(H,17,19). The monoisotopic (exact) mass is 261 g/mol. The third kappa shape index (κ3) is 3.55. The van der Waals surface area contributed by atoms with E-state index in [9.17, 15) is 4.79 Å². The number of carbonyl (C=O) groups excluding carboxylic acids is 1. The molecule has 19 heavy (non-hydrogen) atoms. The van der Waals surface area contributed by atoms with E-state index in [1.165, 1.54) is 11.1 Å². The fraction of sp³-hybridized carbons (Fsp3) is 0.533. The summed E-state index contributed by atoms with van der Waals surface area (Å²) >= 11 is 0. The van der Waals surface area contributed by atoms with Gasteiger partial charge in [0.1, 0.15) is 0 Å². The molecule has 0 bridgehead atoms. The van der Waals surface area contributed by atoms with Crippen LogP contribution in [0.1, 0.15) is 30.9 Å². The Bertz CT molecular complexity index is 408. The van der Waals surface area contributed by atoms with Crippen molar-refractivity contribution in [3.63, 3.8) is 0 Å². The molecule has 0 aromatic heterocycles. The number of rotatable bonds is 6. The zero-order chi connectivity index (χ0) is 13.7. The third-order valence-electron chi connectivity index (χ3n) is 3.65. The maximum absolute atomic E-state index is 11.8. The van der Waals surface area contributed by atoms with Gasteiger partial charge in [-0.25, -0.2) is 0 Å². The minimum Gasteiger partial charge on any atom is -0.356 e. The quantitative estimate of drug-likeness (QED) is 0.810. The molecular formula is C15H23N3O. The zero-order valence-corrected chi connectivity index (χ0v) is 11.6. The Kier molecular flexibility index (Phi) is 4.93. The van der Waals surface area contributed by atoms with Crippen LogP contribution < -0.4 is 11.1 Å². The van der Waals surface area contributed by atoms with Gasteiger partial charge in [0.15, 0.2) is 0 Å². The smallest absolute Gasteiger partial charge is 0.221 e. The molecule has 1 aliphatic heterocycles. The number of hydrogen-bond donors (Lipinski definition) is 2. The van der Waals surface area contributed by atoms with Crippen molar-refractivity contribution in [3.8, 4) is 0 Å². The summed E-state index contributed by atoms with van der Waals surface area (Å²) in [6, 6.07) is 8.56. The lowest BCUT2D eigenvalue weighted by atomic mass is 10.1. The lowest BCUT2D eigenvalue weighted by Gasteiger charge is -2.25. The van der Waals surface area contributed by atoms with Gasteiger partial charge in [0.2, 0.25) is 5.91 Å². The number of carbonyl (C=O) groups is 1. The van der Waals surface area contributed by atoms with Crippen LogP contribution in [0.2, 0.25) is 0 Å². The third-order valence-corrected chi connectivity index (χ3v) is 3.65. The van der Waals surface area contributed by atoms with Crippen molar-refractivity contribution in [1.29, 1.82) is 0 Å². The highest BCUT2D eigenvalue weighted by molar-refractivity contribution is 5.76. The molecular weight excluding hydrogens is 238 g/mol. The van der Waals surface area contributed by atoms with Gasteiger partial charge in [-0.15, -0.1) is 0 Å². The number of nitrogens with zero attached hydrogens (tertiary/aromatic N) is 1. The van der Waals surface area contributed by atoms with Crippen molar-refractivity contribution in [3.05, 3.63) is 35.4 Å². The second-order valence-corrected chi connectivity index (χ2v) is 5.12. The summed E-state index contributed by atoms with van der Waals surface area (Å²) in [6.07, 6.45) is 1.46. The fourth-order valence-corrected chi connectivity index (χ4v) is 2.53. The number of fused-ring (bicyclic) bond motifs is 1. The van der Waals surface area contributed by atoms with Gasteiger partial charge in [-0.2, -0.15) is 0 Å². The molecule has 0 aliphatic carbocycles. The van der Waals surface area contributed by atoms with E-state index < -0.39 is 0 Å². The van der Waals surface area contributed by atoms with Crippen LogP contribution in [0, 0.1) is 0 Å². The first-order valence-electron chi connectivity index (χ1n) is 7.02. The van der Waals surface area contributed by atoms with Crippen LogP contribution in [-0.2, 0) is 17.9 Å². The first-order valence-corrected chi connectivity index (χ1v) is 7.02. The average molecular weight is 261 g/mol. The highest BCUT2D eigenvalue weighted by atomic mass is 16.1. The van der Waals surface area contributed by atoms with E-state index in [1.54, 1.807) is 0 Å². The number of nitrogens with two attached hydrogens (primary N) is 1. The van der Waals surface area contributed by atoms with Gasteiger partial charge in [-0.05, 0) is 17.5 Å². The molecule has 1 aromatic carbocycles. The Morgan fingerprint density at radius 1 is 1.37 bits per heavy atom. The molecule has 0 saturated heterocycles. The van der Waals surface area contributed by atoms with Gasteiger partial charge in [-0.1, -0.05) is 31.2 Å². The number of amides is 1. The number of benzene rings is 1.